The maximum absolute atomic E-state index is 11.2. The second-order valence-corrected chi connectivity index (χ2v) is 4.89. The molecule has 1 atom stereocenters. The number of aromatic nitrogens is 3. The quantitative estimate of drug-likeness (QED) is 0.751. The SMILES string of the molecule is O=C(O)c1ccnc2nc(C3COc4ccccc43)[nH]c12. The molecule has 1 aliphatic rings. The largest absolute Gasteiger partial charge is 0.492 e. The molecule has 6 heteroatoms. The zero-order valence-corrected chi connectivity index (χ0v) is 10.9. The van der Waals surface area contributed by atoms with Crippen molar-refractivity contribution in [2.24, 2.45) is 0 Å². The van der Waals surface area contributed by atoms with E-state index < -0.39 is 5.97 Å². The van der Waals surface area contributed by atoms with E-state index in [1.165, 1.54) is 12.3 Å². The minimum atomic E-state index is -0.999. The Morgan fingerprint density at radius 1 is 1.33 bits per heavy atom. The molecule has 2 aromatic heterocycles. The molecule has 0 bridgehead atoms. The number of fused-ring (bicyclic) bond motifs is 2. The Balaban J connectivity index is 1.86. The van der Waals surface area contributed by atoms with Gasteiger partial charge in [-0.2, -0.15) is 0 Å². The monoisotopic (exact) mass is 281 g/mol. The summed E-state index contributed by atoms with van der Waals surface area (Å²) < 4.78 is 5.64. The van der Waals surface area contributed by atoms with Crippen LogP contribution in [-0.2, 0) is 0 Å². The third-order valence-electron chi connectivity index (χ3n) is 3.67. The molecule has 0 fully saturated rings. The summed E-state index contributed by atoms with van der Waals surface area (Å²) in [6.45, 7) is 0.488. The number of pyridine rings is 1. The summed E-state index contributed by atoms with van der Waals surface area (Å²) in [6.07, 6.45) is 1.45. The van der Waals surface area contributed by atoms with E-state index >= 15 is 0 Å². The highest BCUT2D eigenvalue weighted by molar-refractivity contribution is 5.99. The molecule has 0 aliphatic carbocycles. The van der Waals surface area contributed by atoms with E-state index in [1.807, 2.05) is 24.3 Å². The maximum Gasteiger partial charge on any atom is 0.338 e. The third kappa shape index (κ3) is 1.76. The molecule has 1 aliphatic heterocycles. The Kier molecular flexibility index (Phi) is 2.44. The van der Waals surface area contributed by atoms with E-state index in [0.717, 1.165) is 11.3 Å². The first kappa shape index (κ1) is 11.9. The summed E-state index contributed by atoms with van der Waals surface area (Å²) in [5.41, 5.74) is 2.08. The minimum absolute atomic E-state index is 0.0305. The van der Waals surface area contributed by atoms with Gasteiger partial charge >= 0.3 is 5.97 Å². The van der Waals surface area contributed by atoms with Crippen molar-refractivity contribution >= 4 is 17.1 Å². The number of benzene rings is 1. The molecule has 1 unspecified atom stereocenters. The lowest BCUT2D eigenvalue weighted by Gasteiger charge is -2.03. The van der Waals surface area contributed by atoms with Crippen LogP contribution in [0.4, 0.5) is 0 Å². The highest BCUT2D eigenvalue weighted by atomic mass is 16.5. The molecule has 0 saturated carbocycles. The summed E-state index contributed by atoms with van der Waals surface area (Å²) in [5.74, 6) is 0.489. The van der Waals surface area contributed by atoms with Crippen LogP contribution in [0.2, 0.25) is 0 Å². The Hall–Kier alpha value is -2.89. The van der Waals surface area contributed by atoms with Gasteiger partial charge in [0.05, 0.1) is 17.0 Å². The van der Waals surface area contributed by atoms with Crippen LogP contribution in [-0.4, -0.2) is 32.6 Å². The highest BCUT2D eigenvalue weighted by Crippen LogP contribution is 2.37. The van der Waals surface area contributed by atoms with Gasteiger partial charge in [-0.05, 0) is 12.1 Å². The minimum Gasteiger partial charge on any atom is -0.492 e. The van der Waals surface area contributed by atoms with Crippen molar-refractivity contribution in [3.8, 4) is 5.75 Å². The fraction of sp³-hybridized carbons (Fsp3) is 0.133. The maximum atomic E-state index is 11.2. The molecular formula is C15H11N3O3. The molecule has 4 rings (SSSR count). The predicted octanol–water partition coefficient (Wildman–Crippen LogP) is 2.18. The molecule has 2 N–H and O–H groups in total. The first-order valence-electron chi connectivity index (χ1n) is 6.53. The molecular weight excluding hydrogens is 270 g/mol. The van der Waals surface area contributed by atoms with Crippen LogP contribution in [0.25, 0.3) is 11.2 Å². The molecule has 1 aromatic carbocycles. The molecule has 3 heterocycles. The van der Waals surface area contributed by atoms with Gasteiger partial charge < -0.3 is 14.8 Å². The van der Waals surface area contributed by atoms with Crippen molar-refractivity contribution < 1.29 is 14.6 Å². The highest BCUT2D eigenvalue weighted by Gasteiger charge is 2.28. The molecule has 0 radical (unpaired) electrons. The number of hydrogen-bond acceptors (Lipinski definition) is 4. The predicted molar refractivity (Wildman–Crippen MR) is 74.6 cm³/mol. The van der Waals surface area contributed by atoms with Crippen molar-refractivity contribution in [2.45, 2.75) is 5.92 Å². The number of para-hydroxylation sites is 1. The van der Waals surface area contributed by atoms with Gasteiger partial charge in [0.15, 0.2) is 5.65 Å². The van der Waals surface area contributed by atoms with Crippen LogP contribution in [0.3, 0.4) is 0 Å². The van der Waals surface area contributed by atoms with Crippen LogP contribution in [0.15, 0.2) is 36.5 Å². The molecule has 6 nitrogen and oxygen atoms in total. The van der Waals surface area contributed by atoms with Crippen LogP contribution in [0.5, 0.6) is 5.75 Å². The first-order valence-corrected chi connectivity index (χ1v) is 6.53. The molecule has 21 heavy (non-hydrogen) atoms. The zero-order chi connectivity index (χ0) is 14.4. The van der Waals surface area contributed by atoms with Gasteiger partial charge in [-0.3, -0.25) is 0 Å². The Morgan fingerprint density at radius 3 is 3.05 bits per heavy atom. The fourth-order valence-corrected chi connectivity index (χ4v) is 2.66. The van der Waals surface area contributed by atoms with E-state index in [0.29, 0.717) is 23.6 Å². The lowest BCUT2D eigenvalue weighted by Crippen LogP contribution is -2.04. The van der Waals surface area contributed by atoms with Crippen LogP contribution in [0.1, 0.15) is 27.7 Å². The lowest BCUT2D eigenvalue weighted by atomic mass is 10.0. The van der Waals surface area contributed by atoms with Gasteiger partial charge in [-0.1, -0.05) is 18.2 Å². The van der Waals surface area contributed by atoms with Crippen molar-refractivity contribution in [3.05, 3.63) is 53.5 Å². The van der Waals surface area contributed by atoms with Gasteiger partial charge in [0.25, 0.3) is 0 Å². The number of nitrogens with one attached hydrogen (secondary N) is 1. The number of aromatic amines is 1. The number of aromatic carboxylic acids is 1. The molecule has 0 spiro atoms. The van der Waals surface area contributed by atoms with Crippen molar-refractivity contribution in [1.29, 1.82) is 0 Å². The van der Waals surface area contributed by atoms with E-state index in [4.69, 9.17) is 4.74 Å². The molecule has 0 amide bonds. The van der Waals surface area contributed by atoms with Crippen LogP contribution < -0.4 is 4.74 Å². The fourth-order valence-electron chi connectivity index (χ4n) is 2.66. The van der Waals surface area contributed by atoms with Crippen molar-refractivity contribution in [1.82, 2.24) is 15.0 Å². The molecule has 3 aromatic rings. The van der Waals surface area contributed by atoms with E-state index in [-0.39, 0.29) is 11.5 Å². The number of rotatable bonds is 2. The molecule has 0 saturated heterocycles. The average Bonchev–Trinajstić information content (AvgIpc) is 3.09. The topological polar surface area (TPSA) is 88.1 Å². The number of H-pyrrole nitrogens is 1. The Labute approximate surface area is 119 Å². The number of carboxylic acid groups (broad SMARTS) is 1. The summed E-state index contributed by atoms with van der Waals surface area (Å²) in [7, 11) is 0. The second-order valence-electron chi connectivity index (χ2n) is 4.89. The van der Waals surface area contributed by atoms with Crippen molar-refractivity contribution in [3.63, 3.8) is 0 Å². The third-order valence-corrected chi connectivity index (χ3v) is 3.67. The van der Waals surface area contributed by atoms with Gasteiger partial charge in [0.2, 0.25) is 0 Å². The number of nitrogens with zero attached hydrogens (tertiary/aromatic N) is 2. The van der Waals surface area contributed by atoms with E-state index in [1.54, 1.807) is 0 Å². The standard InChI is InChI=1S/C15H11N3O3/c19-15(20)9-5-6-16-14-12(9)17-13(18-14)10-7-21-11-4-2-1-3-8(10)11/h1-6,10H,7H2,(H,19,20)(H,16,17,18). The average molecular weight is 281 g/mol. The second kappa shape index (κ2) is 4.31. The summed E-state index contributed by atoms with van der Waals surface area (Å²) >= 11 is 0. The zero-order valence-electron chi connectivity index (χ0n) is 10.9. The van der Waals surface area contributed by atoms with Crippen molar-refractivity contribution in [2.75, 3.05) is 6.61 Å². The van der Waals surface area contributed by atoms with E-state index in [9.17, 15) is 9.90 Å². The number of imidazole rings is 1. The Morgan fingerprint density at radius 2 is 2.19 bits per heavy atom. The normalized spacial score (nSPS) is 16.7. The smallest absolute Gasteiger partial charge is 0.338 e. The number of carboxylic acids is 1. The van der Waals surface area contributed by atoms with Gasteiger partial charge in [-0.25, -0.2) is 14.8 Å². The van der Waals surface area contributed by atoms with Gasteiger partial charge in [0.1, 0.15) is 18.2 Å². The summed E-state index contributed by atoms with van der Waals surface area (Å²) in [6, 6.07) is 9.24. The number of carbonyl (C=O) groups is 1. The van der Waals surface area contributed by atoms with Gasteiger partial charge in [-0.15, -0.1) is 0 Å². The van der Waals surface area contributed by atoms with Crippen LogP contribution in [0, 0.1) is 0 Å². The first-order chi connectivity index (χ1) is 10.2. The molecule has 104 valence electrons. The van der Waals surface area contributed by atoms with E-state index in [2.05, 4.69) is 15.0 Å². The Bertz CT molecular complexity index is 856. The summed E-state index contributed by atoms with van der Waals surface area (Å²) in [4.78, 5) is 22.9. The lowest BCUT2D eigenvalue weighted by molar-refractivity contribution is 0.0698. The number of hydrogen-bond donors (Lipinski definition) is 2. The van der Waals surface area contributed by atoms with Gasteiger partial charge in [0, 0.05) is 11.8 Å². The summed E-state index contributed by atoms with van der Waals surface area (Å²) in [5, 5.41) is 9.21. The number of ether oxygens (including phenoxy) is 1. The van der Waals surface area contributed by atoms with Crippen LogP contribution >= 0.6 is 0 Å².